The van der Waals surface area contributed by atoms with E-state index in [1.54, 1.807) is 24.3 Å². The van der Waals surface area contributed by atoms with E-state index in [2.05, 4.69) is 4.74 Å². The average Bonchev–Trinajstić information content (AvgIpc) is 2.27. The molecule has 82 valence electrons. The molecule has 0 aliphatic heterocycles. The molecule has 1 atom stereocenters. The molecule has 0 bridgehead atoms. The van der Waals surface area contributed by atoms with E-state index in [9.17, 15) is 4.79 Å². The molecule has 0 saturated carbocycles. The molecule has 1 aromatic rings. The van der Waals surface area contributed by atoms with Crippen LogP contribution in [0.1, 0.15) is 13.3 Å². The quantitative estimate of drug-likeness (QED) is 0.604. The third kappa shape index (κ3) is 3.16. The average molecular weight is 209 g/mol. The maximum Gasteiger partial charge on any atom is 0.347 e. The Labute approximate surface area is 89.0 Å². The minimum absolute atomic E-state index is 0.366. The molecule has 0 radical (unpaired) electrons. The van der Waals surface area contributed by atoms with Crippen molar-refractivity contribution in [1.82, 2.24) is 0 Å². The predicted octanol–water partition coefficient (Wildman–Crippen LogP) is 1.60. The van der Waals surface area contributed by atoms with E-state index in [1.165, 1.54) is 7.11 Å². The molecule has 1 aromatic carbocycles. The lowest BCUT2D eigenvalue weighted by Crippen LogP contribution is -2.27. The van der Waals surface area contributed by atoms with E-state index in [-0.39, 0.29) is 5.97 Å². The summed E-state index contributed by atoms with van der Waals surface area (Å²) < 4.78 is 10.1. The van der Waals surface area contributed by atoms with Crippen molar-refractivity contribution in [3.63, 3.8) is 0 Å². The van der Waals surface area contributed by atoms with Gasteiger partial charge in [-0.05, 0) is 30.7 Å². The molecule has 0 aliphatic rings. The van der Waals surface area contributed by atoms with E-state index in [1.807, 2.05) is 6.92 Å². The zero-order valence-electron chi connectivity index (χ0n) is 8.90. The normalized spacial score (nSPS) is 11.9. The molecule has 0 aliphatic carbocycles. The predicted molar refractivity (Wildman–Crippen MR) is 57.6 cm³/mol. The minimum atomic E-state index is -0.557. The van der Waals surface area contributed by atoms with Crippen molar-refractivity contribution < 1.29 is 14.3 Å². The van der Waals surface area contributed by atoms with E-state index in [4.69, 9.17) is 10.5 Å². The maximum atomic E-state index is 11.2. The SMILES string of the molecule is CCC(Oc1ccc(N)cc1)C(=O)OC. The highest BCUT2D eigenvalue weighted by Crippen LogP contribution is 2.16. The van der Waals surface area contributed by atoms with Gasteiger partial charge in [-0.2, -0.15) is 0 Å². The second-order valence-corrected chi connectivity index (χ2v) is 3.11. The summed E-state index contributed by atoms with van der Waals surface area (Å²) in [6, 6.07) is 6.89. The van der Waals surface area contributed by atoms with Crippen molar-refractivity contribution in [3.8, 4) is 5.75 Å². The Morgan fingerprint density at radius 2 is 2.00 bits per heavy atom. The van der Waals surface area contributed by atoms with Crippen LogP contribution in [0.3, 0.4) is 0 Å². The molecule has 0 amide bonds. The third-order valence-electron chi connectivity index (χ3n) is 1.99. The van der Waals surface area contributed by atoms with Gasteiger partial charge in [0.25, 0.3) is 0 Å². The van der Waals surface area contributed by atoms with Gasteiger partial charge in [-0.15, -0.1) is 0 Å². The second kappa shape index (κ2) is 5.24. The second-order valence-electron chi connectivity index (χ2n) is 3.11. The molecular weight excluding hydrogens is 194 g/mol. The van der Waals surface area contributed by atoms with Crippen LogP contribution in [-0.2, 0) is 9.53 Å². The number of carbonyl (C=O) groups is 1. The van der Waals surface area contributed by atoms with Gasteiger partial charge in [0.15, 0.2) is 6.10 Å². The number of hydrogen-bond acceptors (Lipinski definition) is 4. The van der Waals surface area contributed by atoms with Gasteiger partial charge in [0, 0.05) is 5.69 Å². The van der Waals surface area contributed by atoms with Gasteiger partial charge < -0.3 is 15.2 Å². The summed E-state index contributed by atoms with van der Waals surface area (Å²) in [4.78, 5) is 11.2. The lowest BCUT2D eigenvalue weighted by molar-refractivity contribution is -0.148. The number of nitrogens with two attached hydrogens (primary N) is 1. The van der Waals surface area contributed by atoms with Crippen LogP contribution in [-0.4, -0.2) is 19.2 Å². The molecule has 0 aromatic heterocycles. The Morgan fingerprint density at radius 3 is 2.47 bits per heavy atom. The lowest BCUT2D eigenvalue weighted by atomic mass is 10.2. The van der Waals surface area contributed by atoms with Crippen LogP contribution >= 0.6 is 0 Å². The minimum Gasteiger partial charge on any atom is -0.479 e. The number of carbonyl (C=O) groups excluding carboxylic acids is 1. The van der Waals surface area contributed by atoms with Gasteiger partial charge in [0.05, 0.1) is 7.11 Å². The standard InChI is InChI=1S/C11H15NO3/c1-3-10(11(13)14-2)15-9-6-4-8(12)5-7-9/h4-7,10H,3,12H2,1-2H3. The summed E-state index contributed by atoms with van der Waals surface area (Å²) in [5, 5.41) is 0. The molecule has 4 heteroatoms. The Balaban J connectivity index is 2.66. The fourth-order valence-electron chi connectivity index (χ4n) is 1.14. The van der Waals surface area contributed by atoms with Crippen molar-refractivity contribution >= 4 is 11.7 Å². The number of methoxy groups -OCH3 is 1. The zero-order chi connectivity index (χ0) is 11.3. The van der Waals surface area contributed by atoms with E-state index in [0.29, 0.717) is 17.9 Å². The first-order valence-corrected chi connectivity index (χ1v) is 4.77. The first-order chi connectivity index (χ1) is 7.17. The summed E-state index contributed by atoms with van der Waals surface area (Å²) in [7, 11) is 1.34. The van der Waals surface area contributed by atoms with E-state index in [0.717, 1.165) is 0 Å². The first kappa shape index (κ1) is 11.4. The smallest absolute Gasteiger partial charge is 0.347 e. The highest BCUT2D eigenvalue weighted by atomic mass is 16.6. The van der Waals surface area contributed by atoms with E-state index >= 15 is 0 Å². The summed E-state index contributed by atoms with van der Waals surface area (Å²) in [5.41, 5.74) is 6.19. The summed E-state index contributed by atoms with van der Waals surface area (Å²) in [6.07, 6.45) is 0.00969. The van der Waals surface area contributed by atoms with Gasteiger partial charge in [0.1, 0.15) is 5.75 Å². The highest BCUT2D eigenvalue weighted by Gasteiger charge is 2.18. The zero-order valence-corrected chi connectivity index (χ0v) is 8.90. The molecule has 0 heterocycles. The number of anilines is 1. The van der Waals surface area contributed by atoms with Crippen molar-refractivity contribution in [2.75, 3.05) is 12.8 Å². The third-order valence-corrected chi connectivity index (χ3v) is 1.99. The molecule has 2 N–H and O–H groups in total. The topological polar surface area (TPSA) is 61.5 Å². The highest BCUT2D eigenvalue weighted by molar-refractivity contribution is 5.74. The van der Waals surface area contributed by atoms with Crippen molar-refractivity contribution in [1.29, 1.82) is 0 Å². The van der Waals surface area contributed by atoms with Crippen LogP contribution in [0.25, 0.3) is 0 Å². The lowest BCUT2D eigenvalue weighted by Gasteiger charge is -2.14. The van der Waals surface area contributed by atoms with E-state index < -0.39 is 6.10 Å². The molecule has 0 fully saturated rings. The first-order valence-electron chi connectivity index (χ1n) is 4.77. The number of benzene rings is 1. The van der Waals surface area contributed by atoms with Crippen molar-refractivity contribution in [3.05, 3.63) is 24.3 Å². The Morgan fingerprint density at radius 1 is 1.40 bits per heavy atom. The van der Waals surface area contributed by atoms with Gasteiger partial charge in [0.2, 0.25) is 0 Å². The van der Waals surface area contributed by atoms with Crippen LogP contribution < -0.4 is 10.5 Å². The van der Waals surface area contributed by atoms with Gasteiger partial charge in [-0.3, -0.25) is 0 Å². The van der Waals surface area contributed by atoms with Crippen molar-refractivity contribution in [2.45, 2.75) is 19.4 Å². The van der Waals surface area contributed by atoms with Crippen LogP contribution in [0.5, 0.6) is 5.75 Å². The molecule has 1 unspecified atom stereocenters. The number of hydrogen-bond donors (Lipinski definition) is 1. The van der Waals surface area contributed by atoms with Gasteiger partial charge in [-0.1, -0.05) is 6.92 Å². The molecule has 0 saturated heterocycles. The maximum absolute atomic E-state index is 11.2. The number of nitrogen functional groups attached to an aromatic ring is 1. The summed E-state index contributed by atoms with van der Waals surface area (Å²) in [6.45, 7) is 1.86. The van der Waals surface area contributed by atoms with Gasteiger partial charge >= 0.3 is 5.97 Å². The number of rotatable bonds is 4. The summed E-state index contributed by atoms with van der Waals surface area (Å²) in [5.74, 6) is 0.246. The monoisotopic (exact) mass is 209 g/mol. The molecule has 1 rings (SSSR count). The van der Waals surface area contributed by atoms with Crippen molar-refractivity contribution in [2.24, 2.45) is 0 Å². The molecular formula is C11H15NO3. The van der Waals surface area contributed by atoms with Crippen LogP contribution in [0.4, 0.5) is 5.69 Å². The van der Waals surface area contributed by atoms with Gasteiger partial charge in [-0.25, -0.2) is 4.79 Å². The fraction of sp³-hybridized carbons (Fsp3) is 0.364. The molecule has 0 spiro atoms. The molecule has 15 heavy (non-hydrogen) atoms. The Bertz CT molecular complexity index is 321. The molecule has 4 nitrogen and oxygen atoms in total. The Kier molecular flexibility index (Phi) is 3.97. The summed E-state index contributed by atoms with van der Waals surface area (Å²) >= 11 is 0. The fourth-order valence-corrected chi connectivity index (χ4v) is 1.14. The van der Waals surface area contributed by atoms with Crippen LogP contribution in [0.15, 0.2) is 24.3 Å². The van der Waals surface area contributed by atoms with Crippen LogP contribution in [0.2, 0.25) is 0 Å². The van der Waals surface area contributed by atoms with Crippen LogP contribution in [0, 0.1) is 0 Å². The number of ether oxygens (including phenoxy) is 2. The number of esters is 1. The Hall–Kier alpha value is -1.71. The largest absolute Gasteiger partial charge is 0.479 e.